The maximum atomic E-state index is 13.0. The van der Waals surface area contributed by atoms with E-state index >= 15 is 0 Å². The summed E-state index contributed by atoms with van der Waals surface area (Å²) in [4.78, 5) is 31.5. The molecule has 4 rings (SSSR count). The first kappa shape index (κ1) is 15.6. The van der Waals surface area contributed by atoms with E-state index in [1.165, 1.54) is 4.68 Å². The molecule has 1 atom stereocenters. The van der Waals surface area contributed by atoms with E-state index < -0.39 is 0 Å². The quantitative estimate of drug-likeness (QED) is 0.706. The van der Waals surface area contributed by atoms with Crippen LogP contribution in [0.4, 0.5) is 0 Å². The minimum absolute atomic E-state index is 0.136. The van der Waals surface area contributed by atoms with Gasteiger partial charge in [0.25, 0.3) is 11.5 Å². The Morgan fingerprint density at radius 3 is 2.68 bits per heavy atom. The first-order valence-corrected chi connectivity index (χ1v) is 8.29. The Morgan fingerprint density at radius 2 is 1.96 bits per heavy atom. The number of carbonyl (C=O) groups excluding carboxylic acids is 1. The maximum Gasteiger partial charge on any atom is 0.274 e. The summed E-state index contributed by atoms with van der Waals surface area (Å²) in [5, 5.41) is 5.37. The van der Waals surface area contributed by atoms with Crippen LogP contribution in [0.2, 0.25) is 0 Å². The summed E-state index contributed by atoms with van der Waals surface area (Å²) < 4.78 is 3.24. The number of imidazole rings is 1. The smallest absolute Gasteiger partial charge is 0.274 e. The number of likely N-dealkylation sites (tertiary alicyclic amines) is 1. The monoisotopic (exact) mass is 337 g/mol. The number of hydrogen-bond donors (Lipinski definition) is 0. The number of benzene rings is 1. The van der Waals surface area contributed by atoms with Crippen molar-refractivity contribution in [2.75, 3.05) is 13.1 Å². The van der Waals surface area contributed by atoms with Gasteiger partial charge in [0.2, 0.25) is 0 Å². The lowest BCUT2D eigenvalue weighted by Crippen LogP contribution is -2.32. The van der Waals surface area contributed by atoms with Crippen molar-refractivity contribution in [1.29, 1.82) is 0 Å². The van der Waals surface area contributed by atoms with Crippen LogP contribution in [0.3, 0.4) is 0 Å². The third-order valence-corrected chi connectivity index (χ3v) is 4.86. The predicted molar refractivity (Wildman–Crippen MR) is 93.5 cm³/mol. The van der Waals surface area contributed by atoms with E-state index in [9.17, 15) is 9.59 Å². The Balaban J connectivity index is 1.69. The van der Waals surface area contributed by atoms with Crippen LogP contribution in [0, 0.1) is 0 Å². The molecule has 1 fully saturated rings. The highest BCUT2D eigenvalue weighted by molar-refractivity contribution is 6.04. The lowest BCUT2D eigenvalue weighted by atomic mass is 10.1. The summed E-state index contributed by atoms with van der Waals surface area (Å²) in [5.74, 6) is 1.08. The highest BCUT2D eigenvalue weighted by atomic mass is 16.2. The van der Waals surface area contributed by atoms with Gasteiger partial charge in [0, 0.05) is 50.9 Å². The fourth-order valence-corrected chi connectivity index (χ4v) is 3.53. The molecule has 0 spiro atoms. The van der Waals surface area contributed by atoms with Crippen molar-refractivity contribution in [3.05, 3.63) is 58.5 Å². The molecular formula is C18H19N5O2. The van der Waals surface area contributed by atoms with E-state index in [-0.39, 0.29) is 17.4 Å². The third kappa shape index (κ3) is 2.52. The van der Waals surface area contributed by atoms with Gasteiger partial charge in [-0.05, 0) is 12.5 Å². The van der Waals surface area contributed by atoms with Crippen LogP contribution in [0.15, 0.2) is 41.5 Å². The van der Waals surface area contributed by atoms with Crippen molar-refractivity contribution in [1.82, 2.24) is 24.2 Å². The number of nitrogens with zero attached hydrogens (tertiary/aromatic N) is 5. The van der Waals surface area contributed by atoms with Crippen LogP contribution in [0.5, 0.6) is 0 Å². The predicted octanol–water partition coefficient (Wildman–Crippen LogP) is 1.30. The molecule has 1 aliphatic rings. The maximum absolute atomic E-state index is 13.0. The molecular weight excluding hydrogens is 318 g/mol. The average molecular weight is 337 g/mol. The molecule has 7 heteroatoms. The number of rotatable bonds is 2. The van der Waals surface area contributed by atoms with Crippen LogP contribution in [-0.2, 0) is 14.1 Å². The van der Waals surface area contributed by atoms with Crippen molar-refractivity contribution >= 4 is 16.7 Å². The molecule has 1 unspecified atom stereocenters. The molecule has 0 saturated carbocycles. The standard InChI is InChI=1S/C18H19N5O2/c1-21-10-8-19-16(21)12-7-9-23(11-12)18(25)15-13-5-3-4-6-14(13)17(24)22(2)20-15/h3-6,8,10,12H,7,9,11H2,1-2H3. The van der Waals surface area contributed by atoms with Crippen LogP contribution < -0.4 is 5.56 Å². The van der Waals surface area contributed by atoms with E-state index in [2.05, 4.69) is 10.1 Å². The zero-order chi connectivity index (χ0) is 17.6. The summed E-state index contributed by atoms with van der Waals surface area (Å²) >= 11 is 0. The molecule has 0 bridgehead atoms. The molecule has 0 N–H and O–H groups in total. The van der Waals surface area contributed by atoms with Gasteiger partial charge in [-0.1, -0.05) is 18.2 Å². The van der Waals surface area contributed by atoms with Gasteiger partial charge in [-0.3, -0.25) is 9.59 Å². The first-order chi connectivity index (χ1) is 12.1. The molecule has 7 nitrogen and oxygen atoms in total. The molecule has 0 aliphatic carbocycles. The van der Waals surface area contributed by atoms with E-state index in [4.69, 9.17) is 0 Å². The zero-order valence-corrected chi connectivity index (χ0v) is 14.2. The summed E-state index contributed by atoms with van der Waals surface area (Å²) in [6.45, 7) is 1.28. The SMILES string of the molecule is Cn1ccnc1C1CCN(C(=O)c2nn(C)c(=O)c3ccccc23)C1. The van der Waals surface area contributed by atoms with E-state index in [0.29, 0.717) is 29.6 Å². The number of amides is 1. The van der Waals surface area contributed by atoms with Gasteiger partial charge in [-0.2, -0.15) is 5.10 Å². The van der Waals surface area contributed by atoms with E-state index in [1.807, 2.05) is 23.9 Å². The normalized spacial score (nSPS) is 17.4. The lowest BCUT2D eigenvalue weighted by Gasteiger charge is -2.17. The summed E-state index contributed by atoms with van der Waals surface area (Å²) in [6.07, 6.45) is 4.57. The van der Waals surface area contributed by atoms with Crippen LogP contribution in [-0.4, -0.2) is 43.2 Å². The van der Waals surface area contributed by atoms with E-state index in [0.717, 1.165) is 12.2 Å². The number of fused-ring (bicyclic) bond motifs is 1. The van der Waals surface area contributed by atoms with Crippen molar-refractivity contribution in [2.45, 2.75) is 12.3 Å². The largest absolute Gasteiger partial charge is 0.338 e. The lowest BCUT2D eigenvalue weighted by molar-refractivity contribution is 0.0784. The second kappa shape index (κ2) is 5.84. The Morgan fingerprint density at radius 1 is 1.20 bits per heavy atom. The van der Waals surface area contributed by atoms with Crippen LogP contribution >= 0.6 is 0 Å². The topological polar surface area (TPSA) is 73.0 Å². The van der Waals surface area contributed by atoms with Crippen LogP contribution in [0.1, 0.15) is 28.7 Å². The van der Waals surface area contributed by atoms with Gasteiger partial charge in [-0.15, -0.1) is 0 Å². The Labute approximate surface area is 144 Å². The minimum Gasteiger partial charge on any atom is -0.338 e. The highest BCUT2D eigenvalue weighted by Crippen LogP contribution is 2.27. The van der Waals surface area contributed by atoms with Gasteiger partial charge in [0.1, 0.15) is 5.82 Å². The van der Waals surface area contributed by atoms with Gasteiger partial charge >= 0.3 is 0 Å². The fourth-order valence-electron chi connectivity index (χ4n) is 3.53. The molecule has 1 amide bonds. The average Bonchev–Trinajstić information content (AvgIpc) is 3.26. The second-order valence-corrected chi connectivity index (χ2v) is 6.46. The number of carbonyl (C=O) groups is 1. The van der Waals surface area contributed by atoms with Gasteiger partial charge in [-0.25, -0.2) is 9.67 Å². The summed E-state index contributed by atoms with van der Waals surface area (Å²) in [6, 6.07) is 7.13. The van der Waals surface area contributed by atoms with Gasteiger partial charge in [0.15, 0.2) is 5.69 Å². The number of aryl methyl sites for hydroxylation is 2. The first-order valence-electron chi connectivity index (χ1n) is 8.29. The fraction of sp³-hybridized carbons (Fsp3) is 0.333. The van der Waals surface area contributed by atoms with Crippen molar-refractivity contribution < 1.29 is 4.79 Å². The summed E-state index contributed by atoms with van der Waals surface area (Å²) in [7, 11) is 3.54. The molecule has 3 heterocycles. The zero-order valence-electron chi connectivity index (χ0n) is 14.2. The van der Waals surface area contributed by atoms with Gasteiger partial charge < -0.3 is 9.47 Å². The second-order valence-electron chi connectivity index (χ2n) is 6.46. The molecule has 25 heavy (non-hydrogen) atoms. The Hall–Kier alpha value is -2.96. The summed E-state index contributed by atoms with van der Waals surface area (Å²) in [5.41, 5.74) is 0.137. The van der Waals surface area contributed by atoms with Crippen molar-refractivity contribution in [3.8, 4) is 0 Å². The molecule has 1 aliphatic heterocycles. The Bertz CT molecular complexity index is 1020. The van der Waals surface area contributed by atoms with Crippen molar-refractivity contribution in [3.63, 3.8) is 0 Å². The minimum atomic E-state index is -0.195. The molecule has 0 radical (unpaired) electrons. The Kier molecular flexibility index (Phi) is 3.63. The van der Waals surface area contributed by atoms with Crippen LogP contribution in [0.25, 0.3) is 10.8 Å². The molecule has 128 valence electrons. The number of hydrogen-bond acceptors (Lipinski definition) is 4. The van der Waals surface area contributed by atoms with Crippen molar-refractivity contribution in [2.24, 2.45) is 14.1 Å². The third-order valence-electron chi connectivity index (χ3n) is 4.86. The molecule has 1 aromatic carbocycles. The number of aromatic nitrogens is 4. The highest BCUT2D eigenvalue weighted by Gasteiger charge is 2.31. The molecule has 3 aromatic rings. The van der Waals surface area contributed by atoms with E-state index in [1.54, 1.807) is 36.3 Å². The van der Waals surface area contributed by atoms with Gasteiger partial charge in [0.05, 0.1) is 5.39 Å². The molecule has 1 saturated heterocycles. The molecule has 2 aromatic heterocycles.